The van der Waals surface area contributed by atoms with Crippen LogP contribution in [-0.4, -0.2) is 49.1 Å². The molecule has 2 aliphatic rings. The number of carbonyl (C=O) groups is 2. The van der Waals surface area contributed by atoms with E-state index in [9.17, 15) is 9.59 Å². The molecule has 1 heterocycles. The van der Waals surface area contributed by atoms with Gasteiger partial charge in [-0.25, -0.2) is 0 Å². The molecule has 1 aliphatic carbocycles. The molecule has 0 aromatic heterocycles. The van der Waals surface area contributed by atoms with Crippen LogP contribution in [0.25, 0.3) is 0 Å². The molecule has 0 radical (unpaired) electrons. The van der Waals surface area contributed by atoms with E-state index in [0.29, 0.717) is 13.1 Å². The van der Waals surface area contributed by atoms with Crippen LogP contribution in [0.2, 0.25) is 0 Å². The molecule has 1 fully saturated rings. The summed E-state index contributed by atoms with van der Waals surface area (Å²) < 4.78 is 5.60. The molecule has 2 N–H and O–H groups in total. The van der Waals surface area contributed by atoms with Crippen molar-refractivity contribution in [2.24, 2.45) is 0 Å². The minimum absolute atomic E-state index is 0.311. The van der Waals surface area contributed by atoms with Crippen LogP contribution in [0, 0.1) is 0 Å². The minimum atomic E-state index is -0.558. The summed E-state index contributed by atoms with van der Waals surface area (Å²) in [6.07, 6.45) is 9.68. The predicted molar refractivity (Wildman–Crippen MR) is 93.5 cm³/mol. The lowest BCUT2D eigenvalue weighted by molar-refractivity contribution is -0.140. The van der Waals surface area contributed by atoms with Gasteiger partial charge >= 0.3 is 11.8 Å². The van der Waals surface area contributed by atoms with Gasteiger partial charge in [-0.2, -0.15) is 11.8 Å². The predicted octanol–water partition coefficient (Wildman–Crippen LogP) is 2.02. The Balaban J connectivity index is 1.67. The smallest absolute Gasteiger partial charge is 0.309 e. The fourth-order valence-corrected chi connectivity index (χ4v) is 4.30. The van der Waals surface area contributed by atoms with Gasteiger partial charge in [0.2, 0.25) is 0 Å². The second kappa shape index (κ2) is 9.33. The Hall–Kier alpha value is -1.01. The first-order chi connectivity index (χ1) is 11.2. The molecule has 0 saturated carbocycles. The highest BCUT2D eigenvalue weighted by atomic mass is 32.2. The van der Waals surface area contributed by atoms with Crippen molar-refractivity contribution in [3.63, 3.8) is 0 Å². The third kappa shape index (κ3) is 5.84. The molecule has 23 heavy (non-hydrogen) atoms. The number of hydrogen-bond donors (Lipinski definition) is 2. The van der Waals surface area contributed by atoms with E-state index in [0.717, 1.165) is 43.6 Å². The quantitative estimate of drug-likeness (QED) is 0.573. The molecule has 1 saturated heterocycles. The van der Waals surface area contributed by atoms with Gasteiger partial charge in [-0.1, -0.05) is 11.6 Å². The molecule has 0 spiro atoms. The molecule has 0 aromatic rings. The maximum absolute atomic E-state index is 11.9. The molecule has 2 amide bonds. The van der Waals surface area contributed by atoms with E-state index < -0.39 is 11.8 Å². The maximum Gasteiger partial charge on any atom is 0.309 e. The lowest BCUT2D eigenvalue weighted by atomic mass is 9.96. The van der Waals surface area contributed by atoms with E-state index in [-0.39, 0.29) is 5.60 Å². The number of hydrogen-bond acceptors (Lipinski definition) is 4. The SMILES string of the molecule is COC1(CNC(=O)C(=O)NCCC2=CCCCC2)CCSCC1. The summed E-state index contributed by atoms with van der Waals surface area (Å²) >= 11 is 1.90. The van der Waals surface area contributed by atoms with Crippen molar-refractivity contribution in [2.45, 2.75) is 50.5 Å². The Morgan fingerprint density at radius 2 is 1.96 bits per heavy atom. The number of carbonyl (C=O) groups excluding carboxylic acids is 2. The van der Waals surface area contributed by atoms with Crippen molar-refractivity contribution >= 4 is 23.6 Å². The Morgan fingerprint density at radius 3 is 2.61 bits per heavy atom. The van der Waals surface area contributed by atoms with Gasteiger partial charge in [0.1, 0.15) is 0 Å². The molecular weight excluding hydrogens is 312 g/mol. The number of methoxy groups -OCH3 is 1. The van der Waals surface area contributed by atoms with Crippen LogP contribution >= 0.6 is 11.8 Å². The number of allylic oxidation sites excluding steroid dienone is 1. The third-order valence-corrected chi connectivity index (χ3v) is 5.72. The standard InChI is InChI=1S/C17H28N2O3S/c1-22-17(8-11-23-12-9-17)13-19-16(21)15(20)18-10-7-14-5-3-2-4-6-14/h5H,2-4,6-13H2,1H3,(H,18,20)(H,19,21). The van der Waals surface area contributed by atoms with Crippen molar-refractivity contribution in [1.82, 2.24) is 10.6 Å². The van der Waals surface area contributed by atoms with Crippen molar-refractivity contribution < 1.29 is 14.3 Å². The van der Waals surface area contributed by atoms with E-state index in [1.807, 2.05) is 11.8 Å². The van der Waals surface area contributed by atoms with Crippen LogP contribution in [-0.2, 0) is 14.3 Å². The van der Waals surface area contributed by atoms with Crippen LogP contribution in [0.1, 0.15) is 44.9 Å². The first-order valence-electron chi connectivity index (χ1n) is 8.52. The first kappa shape index (κ1) is 18.3. The summed E-state index contributed by atoms with van der Waals surface area (Å²) in [6.45, 7) is 0.936. The average molecular weight is 340 g/mol. The van der Waals surface area contributed by atoms with Gasteiger partial charge in [-0.3, -0.25) is 9.59 Å². The maximum atomic E-state index is 11.9. The molecule has 0 unspecified atom stereocenters. The van der Waals surface area contributed by atoms with Gasteiger partial charge in [0, 0.05) is 20.2 Å². The number of thioether (sulfide) groups is 1. The highest BCUT2D eigenvalue weighted by Gasteiger charge is 2.33. The van der Waals surface area contributed by atoms with Gasteiger partial charge in [-0.05, 0) is 56.5 Å². The number of ether oxygens (including phenoxy) is 1. The molecule has 2 rings (SSSR count). The van der Waals surface area contributed by atoms with Crippen molar-refractivity contribution in [3.8, 4) is 0 Å². The molecule has 0 atom stereocenters. The summed E-state index contributed by atoms with van der Waals surface area (Å²) in [4.78, 5) is 23.8. The van der Waals surface area contributed by atoms with Gasteiger partial charge in [0.15, 0.2) is 0 Å². The van der Waals surface area contributed by atoms with Gasteiger partial charge in [0.25, 0.3) is 0 Å². The topological polar surface area (TPSA) is 67.4 Å². The Labute approximate surface area is 143 Å². The monoisotopic (exact) mass is 340 g/mol. The Bertz CT molecular complexity index is 445. The van der Waals surface area contributed by atoms with Crippen molar-refractivity contribution in [2.75, 3.05) is 31.7 Å². The van der Waals surface area contributed by atoms with E-state index in [2.05, 4.69) is 16.7 Å². The lowest BCUT2D eigenvalue weighted by Crippen LogP contribution is -2.50. The summed E-state index contributed by atoms with van der Waals surface area (Å²) in [5, 5.41) is 5.44. The Morgan fingerprint density at radius 1 is 1.22 bits per heavy atom. The van der Waals surface area contributed by atoms with E-state index in [4.69, 9.17) is 4.74 Å². The molecule has 5 nitrogen and oxygen atoms in total. The van der Waals surface area contributed by atoms with Crippen molar-refractivity contribution in [1.29, 1.82) is 0 Å². The van der Waals surface area contributed by atoms with E-state index in [1.165, 1.54) is 18.4 Å². The van der Waals surface area contributed by atoms with Crippen LogP contribution in [0.4, 0.5) is 0 Å². The second-order valence-corrected chi connectivity index (χ2v) is 7.52. The minimum Gasteiger partial charge on any atom is -0.376 e. The molecule has 1 aliphatic heterocycles. The lowest BCUT2D eigenvalue weighted by Gasteiger charge is -2.35. The third-order valence-electron chi connectivity index (χ3n) is 4.73. The zero-order valence-electron chi connectivity index (χ0n) is 14.0. The molecule has 6 heteroatoms. The highest BCUT2D eigenvalue weighted by molar-refractivity contribution is 7.99. The molecule has 130 valence electrons. The molecular formula is C17H28N2O3S. The largest absolute Gasteiger partial charge is 0.376 e. The van der Waals surface area contributed by atoms with E-state index in [1.54, 1.807) is 7.11 Å². The Kier molecular flexibility index (Phi) is 7.43. The van der Waals surface area contributed by atoms with E-state index >= 15 is 0 Å². The van der Waals surface area contributed by atoms with Crippen LogP contribution in [0.15, 0.2) is 11.6 Å². The fourth-order valence-electron chi connectivity index (χ4n) is 3.07. The molecule has 0 aromatic carbocycles. The zero-order valence-corrected chi connectivity index (χ0v) is 14.8. The zero-order chi connectivity index (χ0) is 16.5. The van der Waals surface area contributed by atoms with Gasteiger partial charge in [0.05, 0.1) is 5.60 Å². The summed E-state index contributed by atoms with van der Waals surface area (Å²) in [5.41, 5.74) is 1.09. The number of rotatable bonds is 6. The van der Waals surface area contributed by atoms with Gasteiger partial charge in [-0.15, -0.1) is 0 Å². The fraction of sp³-hybridized carbons (Fsp3) is 0.765. The average Bonchev–Trinajstić information content (AvgIpc) is 2.61. The number of nitrogens with one attached hydrogen (secondary N) is 2. The van der Waals surface area contributed by atoms with Crippen LogP contribution in [0.3, 0.4) is 0 Å². The molecule has 0 bridgehead atoms. The summed E-state index contributed by atoms with van der Waals surface area (Å²) in [6, 6.07) is 0. The second-order valence-electron chi connectivity index (χ2n) is 6.30. The van der Waals surface area contributed by atoms with Gasteiger partial charge < -0.3 is 15.4 Å². The number of amides is 2. The van der Waals surface area contributed by atoms with Crippen molar-refractivity contribution in [3.05, 3.63) is 11.6 Å². The highest BCUT2D eigenvalue weighted by Crippen LogP contribution is 2.29. The summed E-state index contributed by atoms with van der Waals surface area (Å²) in [5.74, 6) is 0.964. The normalized spacial score (nSPS) is 20.5. The van der Waals surface area contributed by atoms with Crippen LogP contribution < -0.4 is 10.6 Å². The first-order valence-corrected chi connectivity index (χ1v) is 9.67. The summed E-state index contributed by atoms with van der Waals surface area (Å²) in [7, 11) is 1.68. The van der Waals surface area contributed by atoms with Crippen LogP contribution in [0.5, 0.6) is 0 Å².